The van der Waals surface area contributed by atoms with Gasteiger partial charge in [-0.1, -0.05) is 12.6 Å². The topological polar surface area (TPSA) is 12.0 Å². The van der Waals surface area contributed by atoms with Gasteiger partial charge in [-0.25, -0.2) is 0 Å². The molecule has 1 aromatic carbocycles. The Hall–Kier alpha value is -0.890. The van der Waals surface area contributed by atoms with E-state index in [9.17, 15) is 0 Å². The van der Waals surface area contributed by atoms with Gasteiger partial charge in [0.1, 0.15) is 0 Å². The SMILES string of the molecule is C=CNc1ccc(C)cc1SC. The van der Waals surface area contributed by atoms with Gasteiger partial charge in [0, 0.05) is 4.90 Å². The molecule has 0 saturated heterocycles. The minimum Gasteiger partial charge on any atom is -0.361 e. The van der Waals surface area contributed by atoms with Gasteiger partial charge in [0.05, 0.1) is 5.69 Å². The van der Waals surface area contributed by atoms with E-state index in [1.807, 2.05) is 0 Å². The predicted octanol–water partition coefficient (Wildman–Crippen LogP) is 3.27. The lowest BCUT2D eigenvalue weighted by Crippen LogP contribution is -1.89. The maximum absolute atomic E-state index is 3.63. The van der Waals surface area contributed by atoms with Crippen LogP contribution in [0.2, 0.25) is 0 Å². The second-order valence-electron chi connectivity index (χ2n) is 2.55. The summed E-state index contributed by atoms with van der Waals surface area (Å²) in [6, 6.07) is 6.32. The number of rotatable bonds is 3. The van der Waals surface area contributed by atoms with Crippen LogP contribution in [0.5, 0.6) is 0 Å². The van der Waals surface area contributed by atoms with Crippen molar-refractivity contribution < 1.29 is 0 Å². The highest BCUT2D eigenvalue weighted by molar-refractivity contribution is 7.98. The molecule has 0 atom stereocenters. The zero-order valence-corrected chi connectivity index (χ0v) is 8.24. The Kier molecular flexibility index (Phi) is 3.23. The minimum atomic E-state index is 1.13. The molecule has 0 radical (unpaired) electrons. The summed E-state index contributed by atoms with van der Waals surface area (Å²) in [6.45, 7) is 5.73. The lowest BCUT2D eigenvalue weighted by Gasteiger charge is -2.07. The lowest BCUT2D eigenvalue weighted by atomic mass is 10.2. The molecule has 1 nitrogen and oxygen atoms in total. The van der Waals surface area contributed by atoms with Crippen LogP contribution in [0.4, 0.5) is 5.69 Å². The first-order chi connectivity index (χ1) is 5.77. The minimum absolute atomic E-state index is 1.13. The molecule has 0 unspecified atom stereocenters. The van der Waals surface area contributed by atoms with Gasteiger partial charge in [-0.3, -0.25) is 0 Å². The molecule has 0 heterocycles. The number of anilines is 1. The molecule has 0 saturated carbocycles. The molecule has 0 aliphatic carbocycles. The zero-order valence-electron chi connectivity index (χ0n) is 7.42. The van der Waals surface area contributed by atoms with Crippen molar-refractivity contribution in [2.24, 2.45) is 0 Å². The van der Waals surface area contributed by atoms with E-state index in [2.05, 4.69) is 43.3 Å². The number of aryl methyl sites for hydroxylation is 1. The van der Waals surface area contributed by atoms with Crippen molar-refractivity contribution >= 4 is 17.4 Å². The molecule has 2 heteroatoms. The van der Waals surface area contributed by atoms with Gasteiger partial charge in [0.2, 0.25) is 0 Å². The van der Waals surface area contributed by atoms with E-state index < -0.39 is 0 Å². The van der Waals surface area contributed by atoms with Gasteiger partial charge in [-0.05, 0) is 37.1 Å². The van der Waals surface area contributed by atoms with Crippen LogP contribution in [0.1, 0.15) is 5.56 Å². The third-order valence-corrected chi connectivity index (χ3v) is 2.39. The number of benzene rings is 1. The van der Waals surface area contributed by atoms with Crippen LogP contribution in [0.3, 0.4) is 0 Å². The van der Waals surface area contributed by atoms with Crippen molar-refractivity contribution in [2.75, 3.05) is 11.6 Å². The monoisotopic (exact) mass is 179 g/mol. The second kappa shape index (κ2) is 4.21. The standard InChI is InChI=1S/C10H13NS/c1-4-11-9-6-5-8(2)7-10(9)12-3/h4-7,11H,1H2,2-3H3. The Balaban J connectivity index is 3.01. The first-order valence-corrected chi connectivity index (χ1v) is 5.02. The van der Waals surface area contributed by atoms with Crippen LogP contribution in [-0.2, 0) is 0 Å². The number of thioether (sulfide) groups is 1. The Morgan fingerprint density at radius 3 is 2.83 bits per heavy atom. The largest absolute Gasteiger partial charge is 0.361 e. The summed E-state index contributed by atoms with van der Waals surface area (Å²) in [6.07, 6.45) is 3.77. The number of hydrogen-bond acceptors (Lipinski definition) is 2. The molecule has 0 fully saturated rings. The highest BCUT2D eigenvalue weighted by Gasteiger charge is 1.98. The molecule has 1 aromatic rings. The molecule has 0 aliphatic heterocycles. The summed E-state index contributed by atoms with van der Waals surface area (Å²) < 4.78 is 0. The van der Waals surface area contributed by atoms with E-state index in [4.69, 9.17) is 0 Å². The molecular weight excluding hydrogens is 166 g/mol. The molecule has 0 amide bonds. The fourth-order valence-corrected chi connectivity index (χ4v) is 1.68. The Morgan fingerprint density at radius 1 is 1.50 bits per heavy atom. The van der Waals surface area contributed by atoms with Crippen LogP contribution >= 0.6 is 11.8 Å². The van der Waals surface area contributed by atoms with Gasteiger partial charge in [-0.2, -0.15) is 0 Å². The van der Waals surface area contributed by atoms with Crippen molar-refractivity contribution in [3.8, 4) is 0 Å². The van der Waals surface area contributed by atoms with Gasteiger partial charge in [0.15, 0.2) is 0 Å². The predicted molar refractivity (Wildman–Crippen MR) is 56.8 cm³/mol. The summed E-state index contributed by atoms with van der Waals surface area (Å²) >= 11 is 1.74. The smallest absolute Gasteiger partial charge is 0.0517 e. The van der Waals surface area contributed by atoms with Crippen molar-refractivity contribution in [1.29, 1.82) is 0 Å². The summed E-state index contributed by atoms with van der Waals surface area (Å²) in [4.78, 5) is 1.26. The van der Waals surface area contributed by atoms with E-state index in [-0.39, 0.29) is 0 Å². The van der Waals surface area contributed by atoms with Gasteiger partial charge in [-0.15, -0.1) is 11.8 Å². The van der Waals surface area contributed by atoms with Gasteiger partial charge < -0.3 is 5.32 Å². The van der Waals surface area contributed by atoms with E-state index in [0.29, 0.717) is 0 Å². The Morgan fingerprint density at radius 2 is 2.25 bits per heavy atom. The van der Waals surface area contributed by atoms with Crippen molar-refractivity contribution in [1.82, 2.24) is 0 Å². The van der Waals surface area contributed by atoms with Crippen LogP contribution in [0.15, 0.2) is 35.9 Å². The first kappa shape index (κ1) is 9.20. The molecule has 1 rings (SSSR count). The Bertz CT molecular complexity index is 281. The maximum Gasteiger partial charge on any atom is 0.0517 e. The average molecular weight is 179 g/mol. The van der Waals surface area contributed by atoms with Crippen molar-refractivity contribution in [2.45, 2.75) is 11.8 Å². The molecule has 0 aromatic heterocycles. The summed E-state index contributed by atoms with van der Waals surface area (Å²) in [5.41, 5.74) is 2.41. The first-order valence-electron chi connectivity index (χ1n) is 3.80. The zero-order chi connectivity index (χ0) is 8.97. The normalized spacial score (nSPS) is 9.50. The van der Waals surface area contributed by atoms with Gasteiger partial charge in [0.25, 0.3) is 0 Å². The fraction of sp³-hybridized carbons (Fsp3) is 0.200. The lowest BCUT2D eigenvalue weighted by molar-refractivity contribution is 1.35. The molecule has 0 aliphatic rings. The van der Waals surface area contributed by atoms with Crippen LogP contribution < -0.4 is 5.32 Å². The van der Waals surface area contributed by atoms with E-state index in [1.54, 1.807) is 18.0 Å². The van der Waals surface area contributed by atoms with Gasteiger partial charge >= 0.3 is 0 Å². The molecular formula is C10H13NS. The maximum atomic E-state index is 3.63. The summed E-state index contributed by atoms with van der Waals surface area (Å²) in [7, 11) is 0. The van der Waals surface area contributed by atoms with E-state index >= 15 is 0 Å². The third kappa shape index (κ3) is 2.05. The molecule has 64 valence electrons. The highest BCUT2D eigenvalue weighted by atomic mass is 32.2. The molecule has 0 bridgehead atoms. The molecule has 12 heavy (non-hydrogen) atoms. The Labute approximate surface area is 77.9 Å². The van der Waals surface area contributed by atoms with Crippen LogP contribution in [0, 0.1) is 6.92 Å². The van der Waals surface area contributed by atoms with E-state index in [1.165, 1.54) is 10.5 Å². The second-order valence-corrected chi connectivity index (χ2v) is 3.40. The van der Waals surface area contributed by atoms with Crippen LogP contribution in [-0.4, -0.2) is 6.26 Å². The van der Waals surface area contributed by atoms with Crippen molar-refractivity contribution in [3.63, 3.8) is 0 Å². The quantitative estimate of drug-likeness (QED) is 0.715. The fourth-order valence-electron chi connectivity index (χ4n) is 1.03. The summed E-state index contributed by atoms with van der Waals surface area (Å²) in [5, 5.41) is 3.10. The number of hydrogen-bond donors (Lipinski definition) is 1. The molecule has 0 spiro atoms. The number of nitrogens with one attached hydrogen (secondary N) is 1. The highest BCUT2D eigenvalue weighted by Crippen LogP contribution is 2.26. The molecule has 1 N–H and O–H groups in total. The van der Waals surface area contributed by atoms with Crippen LogP contribution in [0.25, 0.3) is 0 Å². The average Bonchev–Trinajstić information content (AvgIpc) is 2.08. The third-order valence-electron chi connectivity index (χ3n) is 1.61. The summed E-state index contributed by atoms with van der Waals surface area (Å²) in [5.74, 6) is 0. The van der Waals surface area contributed by atoms with E-state index in [0.717, 1.165) is 5.69 Å². The van der Waals surface area contributed by atoms with Crippen molar-refractivity contribution in [3.05, 3.63) is 36.5 Å².